The second-order valence-electron chi connectivity index (χ2n) is 4.75. The van der Waals surface area contributed by atoms with Crippen molar-refractivity contribution in [2.75, 3.05) is 4.81 Å². The van der Waals surface area contributed by atoms with E-state index in [9.17, 15) is 0 Å². The molecule has 0 aliphatic carbocycles. The third-order valence-corrected chi connectivity index (χ3v) is 3.59. The molecule has 0 bridgehead atoms. The predicted molar refractivity (Wildman–Crippen MR) is 75.0 cm³/mol. The van der Waals surface area contributed by atoms with E-state index in [4.69, 9.17) is 0 Å². The van der Waals surface area contributed by atoms with Gasteiger partial charge in [0.1, 0.15) is 0 Å². The molecule has 0 amide bonds. The van der Waals surface area contributed by atoms with Crippen LogP contribution < -0.4 is 4.81 Å². The van der Waals surface area contributed by atoms with Crippen LogP contribution in [0.2, 0.25) is 0 Å². The summed E-state index contributed by atoms with van der Waals surface area (Å²) in [6, 6.07) is 17.5. The van der Waals surface area contributed by atoms with Crippen LogP contribution in [0.4, 0.5) is 5.69 Å². The van der Waals surface area contributed by atoms with Crippen molar-refractivity contribution in [3.63, 3.8) is 0 Å². The van der Waals surface area contributed by atoms with Crippen molar-refractivity contribution < 1.29 is 0 Å². The Morgan fingerprint density at radius 3 is 2.18 bits per heavy atom. The number of fused-ring (bicyclic) bond motifs is 2. The lowest BCUT2D eigenvalue weighted by atomic mass is 9.94. The third kappa shape index (κ3) is 1.95. The zero-order valence-electron chi connectivity index (χ0n) is 10.2. The highest BCUT2D eigenvalue weighted by molar-refractivity contribution is 6.18. The van der Waals surface area contributed by atoms with Crippen molar-refractivity contribution in [3.05, 3.63) is 65.2 Å². The van der Waals surface area contributed by atoms with E-state index in [2.05, 4.69) is 61.3 Å². The molecular formula is C15H16BN. The molecule has 1 nitrogen and oxygen atoms in total. The topological polar surface area (TPSA) is 3.24 Å². The van der Waals surface area contributed by atoms with E-state index in [1.54, 1.807) is 0 Å². The Labute approximate surface area is 104 Å². The van der Waals surface area contributed by atoms with Crippen LogP contribution in [0, 0.1) is 0 Å². The van der Waals surface area contributed by atoms with Crippen LogP contribution in [-0.4, -0.2) is 7.98 Å². The Balaban J connectivity index is 2.03. The molecule has 0 atom stereocenters. The summed E-state index contributed by atoms with van der Waals surface area (Å²) < 4.78 is 0. The molecule has 1 aliphatic heterocycles. The Bertz CT molecular complexity index is 536. The van der Waals surface area contributed by atoms with Crippen molar-refractivity contribution in [2.45, 2.75) is 19.4 Å². The molecule has 0 spiro atoms. The van der Waals surface area contributed by atoms with E-state index < -0.39 is 0 Å². The van der Waals surface area contributed by atoms with Gasteiger partial charge in [0.25, 0.3) is 0 Å². The molecule has 2 heteroatoms. The first-order chi connectivity index (χ1) is 8.34. The highest BCUT2D eigenvalue weighted by Crippen LogP contribution is 2.26. The Hall–Kier alpha value is -1.70. The first-order valence-electron chi connectivity index (χ1n) is 6.20. The average Bonchev–Trinajstić information content (AvgIpc) is 2.36. The van der Waals surface area contributed by atoms with Crippen molar-refractivity contribution in [1.29, 1.82) is 0 Å². The van der Waals surface area contributed by atoms with E-state index in [1.165, 1.54) is 22.4 Å². The summed E-state index contributed by atoms with van der Waals surface area (Å²) in [5, 5.41) is 0. The van der Waals surface area contributed by atoms with Crippen LogP contribution in [0.5, 0.6) is 0 Å². The fourth-order valence-corrected chi connectivity index (χ4v) is 2.66. The van der Waals surface area contributed by atoms with Crippen molar-refractivity contribution in [3.8, 4) is 0 Å². The summed E-state index contributed by atoms with van der Waals surface area (Å²) in [6.07, 6.45) is 2.29. The molecule has 3 rings (SSSR count). The first-order valence-corrected chi connectivity index (χ1v) is 6.20. The van der Waals surface area contributed by atoms with Gasteiger partial charge in [-0.25, -0.2) is 0 Å². The second-order valence-corrected chi connectivity index (χ2v) is 4.75. The number of hydrogen-bond acceptors (Lipinski definition) is 1. The molecule has 0 unspecified atom stereocenters. The standard InChI is InChI=1S/C15H16BN/c16-17-11-14-7-2-1-5-12(14)9-10-13-6-3-4-8-15(13)17/h1-8H,9-11,16H2. The maximum Gasteiger partial charge on any atom is 0.217 e. The second kappa shape index (κ2) is 4.29. The molecule has 2 aromatic rings. The largest absolute Gasteiger partial charge is 0.418 e. The SMILES string of the molecule is BN1Cc2ccccc2CCc2ccccc21. The molecule has 0 saturated carbocycles. The normalized spacial score (nSPS) is 14.5. The highest BCUT2D eigenvalue weighted by Gasteiger charge is 2.13. The molecular weight excluding hydrogens is 205 g/mol. The Kier molecular flexibility index (Phi) is 2.64. The van der Waals surface area contributed by atoms with Gasteiger partial charge in [0.15, 0.2) is 0 Å². The van der Waals surface area contributed by atoms with Gasteiger partial charge in [0.05, 0.1) is 0 Å². The fourth-order valence-electron chi connectivity index (χ4n) is 2.66. The van der Waals surface area contributed by atoms with Crippen LogP contribution in [0.25, 0.3) is 0 Å². The predicted octanol–water partition coefficient (Wildman–Crippen LogP) is 2.34. The summed E-state index contributed by atoms with van der Waals surface area (Å²) >= 11 is 0. The van der Waals surface area contributed by atoms with Gasteiger partial charge in [0, 0.05) is 12.2 Å². The van der Waals surface area contributed by atoms with Crippen LogP contribution in [0.3, 0.4) is 0 Å². The van der Waals surface area contributed by atoms with Gasteiger partial charge in [-0.1, -0.05) is 42.5 Å². The van der Waals surface area contributed by atoms with E-state index >= 15 is 0 Å². The summed E-state index contributed by atoms with van der Waals surface area (Å²) in [4.78, 5) is 2.35. The number of rotatable bonds is 0. The summed E-state index contributed by atoms with van der Waals surface area (Å²) in [5.74, 6) is 0. The summed E-state index contributed by atoms with van der Waals surface area (Å²) in [6.45, 7) is 1.01. The minimum atomic E-state index is 1.01. The number of aryl methyl sites for hydroxylation is 2. The van der Waals surface area contributed by atoms with Gasteiger partial charge in [-0.3, -0.25) is 0 Å². The van der Waals surface area contributed by atoms with Crippen LogP contribution in [-0.2, 0) is 19.4 Å². The molecule has 0 aromatic heterocycles. The van der Waals surface area contributed by atoms with E-state index in [1.807, 2.05) is 0 Å². The zero-order valence-corrected chi connectivity index (χ0v) is 10.2. The minimum Gasteiger partial charge on any atom is -0.418 e. The lowest BCUT2D eigenvalue weighted by Crippen LogP contribution is -2.22. The maximum atomic E-state index is 2.35. The molecule has 17 heavy (non-hydrogen) atoms. The van der Waals surface area contributed by atoms with Gasteiger partial charge in [-0.15, -0.1) is 0 Å². The first kappa shape index (κ1) is 10.5. The van der Waals surface area contributed by atoms with E-state index in [0.717, 1.165) is 19.4 Å². The molecule has 0 N–H and O–H groups in total. The van der Waals surface area contributed by atoms with Gasteiger partial charge in [-0.2, -0.15) is 0 Å². The average molecular weight is 221 g/mol. The van der Waals surface area contributed by atoms with E-state index in [-0.39, 0.29) is 0 Å². The van der Waals surface area contributed by atoms with Gasteiger partial charge in [0.2, 0.25) is 7.98 Å². The van der Waals surface area contributed by atoms with E-state index in [0.29, 0.717) is 0 Å². The number of benzene rings is 2. The molecule has 0 radical (unpaired) electrons. The number of nitrogens with zero attached hydrogens (tertiary/aromatic N) is 1. The van der Waals surface area contributed by atoms with Crippen molar-refractivity contribution >= 4 is 13.7 Å². The van der Waals surface area contributed by atoms with Gasteiger partial charge < -0.3 is 4.81 Å². The summed E-state index contributed by atoms with van der Waals surface area (Å²) in [5.41, 5.74) is 5.80. The van der Waals surface area contributed by atoms with Crippen molar-refractivity contribution in [2.24, 2.45) is 0 Å². The van der Waals surface area contributed by atoms with Crippen LogP contribution in [0.1, 0.15) is 16.7 Å². The number of para-hydroxylation sites is 1. The monoisotopic (exact) mass is 221 g/mol. The molecule has 0 fully saturated rings. The molecule has 2 aromatic carbocycles. The Morgan fingerprint density at radius 1 is 0.765 bits per heavy atom. The highest BCUT2D eigenvalue weighted by atomic mass is 15.0. The lowest BCUT2D eigenvalue weighted by Gasteiger charge is -2.27. The van der Waals surface area contributed by atoms with Crippen LogP contribution in [0.15, 0.2) is 48.5 Å². The van der Waals surface area contributed by atoms with Gasteiger partial charge in [-0.05, 0) is 35.6 Å². The molecule has 1 heterocycles. The smallest absolute Gasteiger partial charge is 0.217 e. The third-order valence-electron chi connectivity index (χ3n) is 3.59. The molecule has 0 saturated heterocycles. The number of hydrogen-bond donors (Lipinski definition) is 0. The molecule has 1 aliphatic rings. The maximum absolute atomic E-state index is 2.35. The van der Waals surface area contributed by atoms with Crippen molar-refractivity contribution in [1.82, 2.24) is 0 Å². The lowest BCUT2D eigenvalue weighted by molar-refractivity contribution is 0.884. The van der Waals surface area contributed by atoms with Gasteiger partial charge >= 0.3 is 0 Å². The molecule has 84 valence electrons. The Morgan fingerprint density at radius 2 is 1.35 bits per heavy atom. The summed E-state index contributed by atoms with van der Waals surface area (Å²) in [7, 11) is 2.18. The quantitative estimate of drug-likeness (QED) is 0.617. The fraction of sp³-hybridized carbons (Fsp3) is 0.200. The zero-order chi connectivity index (χ0) is 11.7. The number of anilines is 1. The minimum absolute atomic E-state index is 1.01. The van der Waals surface area contributed by atoms with Crippen LogP contribution >= 0.6 is 0 Å².